The molecule has 2 heterocycles. The number of anilines is 3. The van der Waals surface area contributed by atoms with Crippen LogP contribution < -0.4 is 22.1 Å². The van der Waals surface area contributed by atoms with Crippen molar-refractivity contribution in [1.29, 1.82) is 0 Å². The van der Waals surface area contributed by atoms with Crippen LogP contribution in [-0.2, 0) is 30.4 Å². The molecular formula is C54H92N8O6S. The molecule has 0 radical (unpaired) electrons. The molecule has 15 heteroatoms. The number of carbonyl (C=O) groups excluding carboxylic acids is 3. The Hall–Kier alpha value is -4.11. The predicted octanol–water partition coefficient (Wildman–Crippen LogP) is 12.8. The number of aromatic nitrogens is 4. The first kappa shape index (κ1) is 59.2. The van der Waals surface area contributed by atoms with Gasteiger partial charge in [0.25, 0.3) is 6.01 Å². The Morgan fingerprint density at radius 1 is 0.652 bits per heavy atom. The number of nitrogens with two attached hydrogens (primary N) is 2. The molecule has 0 aliphatic carbocycles. The first-order chi connectivity index (χ1) is 33.6. The van der Waals surface area contributed by atoms with Crippen LogP contribution in [0.2, 0.25) is 0 Å². The third-order valence-corrected chi connectivity index (χ3v) is 13.8. The minimum Gasteiger partial charge on any atom is -0.480 e. The molecule has 0 bridgehead atoms. The van der Waals surface area contributed by atoms with Crippen molar-refractivity contribution < 1.29 is 29.0 Å². The fourth-order valence-corrected chi connectivity index (χ4v) is 9.29. The van der Waals surface area contributed by atoms with E-state index in [0.29, 0.717) is 47.9 Å². The number of rotatable bonds is 43. The number of aromatic hydroxyl groups is 1. The normalized spacial score (nSPS) is 12.3. The predicted molar refractivity (Wildman–Crippen MR) is 286 cm³/mol. The summed E-state index contributed by atoms with van der Waals surface area (Å²) >= 11 is 1.39. The highest BCUT2D eigenvalue weighted by Gasteiger charge is 2.21. The molecule has 3 aromatic rings. The summed E-state index contributed by atoms with van der Waals surface area (Å²) in [7, 11) is 0. The fraction of sp³-hybridized carbons (Fsp3) is 0.741. The van der Waals surface area contributed by atoms with Gasteiger partial charge in [-0.1, -0.05) is 193 Å². The summed E-state index contributed by atoms with van der Waals surface area (Å²) < 4.78 is 13.1. The summed E-state index contributed by atoms with van der Waals surface area (Å²) in [4.78, 5) is 51.9. The maximum Gasteiger partial charge on any atom is 0.306 e. The number of ether oxygens (including phenoxy) is 2. The average Bonchev–Trinajstić information content (AvgIpc) is 3.65. The molecule has 2 atom stereocenters. The largest absolute Gasteiger partial charge is 0.480 e. The molecule has 69 heavy (non-hydrogen) atoms. The van der Waals surface area contributed by atoms with Gasteiger partial charge in [-0.05, 0) is 37.0 Å². The highest BCUT2D eigenvalue weighted by atomic mass is 32.2. The van der Waals surface area contributed by atoms with Crippen LogP contribution in [0.15, 0.2) is 24.3 Å². The van der Waals surface area contributed by atoms with Crippen molar-refractivity contribution in [2.75, 3.05) is 41.0 Å². The third-order valence-electron chi connectivity index (χ3n) is 12.6. The number of nitrogen functional groups attached to an aromatic ring is 1. The van der Waals surface area contributed by atoms with Crippen LogP contribution in [0.4, 0.5) is 17.5 Å². The number of hydrogen-bond donors (Lipinski definition) is 5. The molecule has 0 fully saturated rings. The third kappa shape index (κ3) is 26.6. The van der Waals surface area contributed by atoms with Crippen LogP contribution in [0, 0.1) is 0 Å². The van der Waals surface area contributed by atoms with Gasteiger partial charge < -0.3 is 36.7 Å². The van der Waals surface area contributed by atoms with E-state index in [1.165, 1.54) is 140 Å². The van der Waals surface area contributed by atoms with E-state index in [-0.39, 0.29) is 48.6 Å². The number of carbonyl (C=O) groups is 3. The number of thioether (sulfide) groups is 1. The lowest BCUT2D eigenvalue weighted by Gasteiger charge is -2.19. The Morgan fingerprint density at radius 3 is 1.67 bits per heavy atom. The molecular weight excluding hydrogens is 889 g/mol. The van der Waals surface area contributed by atoms with E-state index in [1.807, 2.05) is 12.1 Å². The molecule has 3 rings (SSSR count). The standard InChI is InChI=1S/C54H92N8O6S/c1-4-7-10-12-14-16-18-20-22-24-26-28-30-32-47(63)67-40-45(68-48(64)33-31-29-27-25-23-21-19-17-15-13-11-8-5-2)41-69-42-46(55)52(65)58-44-36-34-43(35-37-44)39-62-51-49(59-54(62)66)50(56)60-53(61-51)57-38-9-6-3/h34-37,45-46H,4-33,38-42,55H2,1-3H3,(H,58,65)(H,59,66)(H3,56,57,60,61)/t45?,46-/m0/s1. The summed E-state index contributed by atoms with van der Waals surface area (Å²) in [5.74, 6) is 0.240. The summed E-state index contributed by atoms with van der Waals surface area (Å²) in [6, 6.07) is 6.14. The van der Waals surface area contributed by atoms with Crippen molar-refractivity contribution in [2.45, 2.75) is 232 Å². The SMILES string of the molecule is CCCCCCCCCCCCCCCC(=O)OCC(CSC[C@H](N)C(=O)Nc1ccc(Cn2c(O)nc3c(N)nc(NCCCC)nc32)cc1)OC(=O)CCCCCCCCCCCCCCC. The van der Waals surface area contributed by atoms with Crippen LogP contribution in [0.3, 0.4) is 0 Å². The highest BCUT2D eigenvalue weighted by molar-refractivity contribution is 7.99. The second-order valence-corrected chi connectivity index (χ2v) is 20.1. The molecule has 0 saturated carbocycles. The van der Waals surface area contributed by atoms with Crippen LogP contribution >= 0.6 is 11.8 Å². The zero-order chi connectivity index (χ0) is 49.7. The molecule has 0 aliphatic rings. The number of esters is 2. The van der Waals surface area contributed by atoms with E-state index >= 15 is 0 Å². The van der Waals surface area contributed by atoms with Gasteiger partial charge in [0.2, 0.25) is 11.9 Å². The zero-order valence-electron chi connectivity index (χ0n) is 43.1. The maximum atomic E-state index is 13.2. The lowest BCUT2D eigenvalue weighted by molar-refractivity contribution is -0.157. The molecule has 1 aromatic carbocycles. The Kier molecular flexibility index (Phi) is 32.3. The van der Waals surface area contributed by atoms with Crippen molar-refractivity contribution in [2.24, 2.45) is 5.73 Å². The average molecular weight is 981 g/mol. The second kappa shape index (κ2) is 37.7. The molecule has 0 saturated heterocycles. The fourth-order valence-electron chi connectivity index (χ4n) is 8.32. The van der Waals surface area contributed by atoms with Crippen LogP contribution in [-0.4, -0.2) is 79.3 Å². The van der Waals surface area contributed by atoms with Crippen molar-refractivity contribution in [3.8, 4) is 6.01 Å². The number of nitrogens with one attached hydrogen (secondary N) is 2. The van der Waals surface area contributed by atoms with Gasteiger partial charge in [0.1, 0.15) is 12.7 Å². The Bertz CT molecular complexity index is 1830. The van der Waals surface area contributed by atoms with Gasteiger partial charge in [-0.15, -0.1) is 0 Å². The monoisotopic (exact) mass is 981 g/mol. The minimum absolute atomic E-state index is 0.0214. The minimum atomic E-state index is -0.838. The topological polar surface area (TPSA) is 210 Å². The summed E-state index contributed by atoms with van der Waals surface area (Å²) in [5, 5.41) is 16.7. The summed E-state index contributed by atoms with van der Waals surface area (Å²) in [5.41, 5.74) is 14.6. The molecule has 0 spiro atoms. The lowest BCUT2D eigenvalue weighted by Crippen LogP contribution is -2.38. The molecule has 2 aromatic heterocycles. The molecule has 7 N–H and O–H groups in total. The van der Waals surface area contributed by atoms with Crippen LogP contribution in [0.5, 0.6) is 6.01 Å². The first-order valence-corrected chi connectivity index (χ1v) is 28.3. The number of hydrogen-bond acceptors (Lipinski definition) is 13. The van der Waals surface area contributed by atoms with Crippen molar-refractivity contribution >= 4 is 58.2 Å². The lowest BCUT2D eigenvalue weighted by atomic mass is 10.0. The number of amides is 1. The number of benzene rings is 1. The van der Waals surface area contributed by atoms with Gasteiger partial charge in [-0.2, -0.15) is 26.7 Å². The molecule has 0 aliphatic heterocycles. The van der Waals surface area contributed by atoms with E-state index in [4.69, 9.17) is 20.9 Å². The zero-order valence-corrected chi connectivity index (χ0v) is 43.9. The second-order valence-electron chi connectivity index (χ2n) is 19.0. The van der Waals surface area contributed by atoms with E-state index in [1.54, 1.807) is 16.7 Å². The molecule has 1 amide bonds. The van der Waals surface area contributed by atoms with Gasteiger partial charge in [-0.25, -0.2) is 0 Å². The van der Waals surface area contributed by atoms with E-state index in [2.05, 4.69) is 46.4 Å². The molecule has 14 nitrogen and oxygen atoms in total. The highest BCUT2D eigenvalue weighted by Crippen LogP contribution is 2.26. The Morgan fingerprint density at radius 2 is 1.14 bits per heavy atom. The van der Waals surface area contributed by atoms with Gasteiger partial charge in [-0.3, -0.25) is 19.0 Å². The molecule has 1 unspecified atom stereocenters. The first-order valence-electron chi connectivity index (χ1n) is 27.2. The maximum absolute atomic E-state index is 13.2. The van der Waals surface area contributed by atoms with Crippen LogP contribution in [0.25, 0.3) is 11.2 Å². The number of unbranched alkanes of at least 4 members (excludes halogenated alkanes) is 25. The van der Waals surface area contributed by atoms with E-state index in [9.17, 15) is 19.5 Å². The van der Waals surface area contributed by atoms with Crippen LogP contribution in [0.1, 0.15) is 219 Å². The van der Waals surface area contributed by atoms with Crippen molar-refractivity contribution in [3.63, 3.8) is 0 Å². The van der Waals surface area contributed by atoms with Crippen molar-refractivity contribution in [1.82, 2.24) is 19.5 Å². The quantitative estimate of drug-likeness (QED) is 0.0264. The summed E-state index contributed by atoms with van der Waals surface area (Å²) in [6.07, 6.45) is 34.1. The van der Waals surface area contributed by atoms with Crippen molar-refractivity contribution in [3.05, 3.63) is 29.8 Å². The number of imidazole rings is 1. The van der Waals surface area contributed by atoms with Gasteiger partial charge >= 0.3 is 11.9 Å². The van der Waals surface area contributed by atoms with E-state index < -0.39 is 12.1 Å². The Labute approximate surface area is 419 Å². The Balaban J connectivity index is 1.42. The van der Waals surface area contributed by atoms with Gasteiger partial charge in [0, 0.05) is 36.6 Å². The number of fused-ring (bicyclic) bond motifs is 1. The van der Waals surface area contributed by atoms with Gasteiger partial charge in [0.15, 0.2) is 17.0 Å². The summed E-state index contributed by atoms with van der Waals surface area (Å²) in [6.45, 7) is 7.55. The van der Waals surface area contributed by atoms with E-state index in [0.717, 1.165) is 56.9 Å². The smallest absolute Gasteiger partial charge is 0.306 e. The van der Waals surface area contributed by atoms with Gasteiger partial charge in [0.05, 0.1) is 12.6 Å². The molecule has 390 valence electrons. The number of nitrogens with zero attached hydrogens (tertiary/aromatic N) is 4.